The van der Waals surface area contributed by atoms with Gasteiger partial charge >= 0.3 is 14.0 Å². The van der Waals surface area contributed by atoms with Crippen LogP contribution in [0.2, 0.25) is 13.6 Å². The van der Waals surface area contributed by atoms with E-state index in [1.807, 2.05) is 11.3 Å². The van der Waals surface area contributed by atoms with Crippen LogP contribution in [0.5, 0.6) is 0 Å². The highest BCUT2D eigenvalue weighted by atomic mass is 32.1. The highest BCUT2D eigenvalue weighted by Gasteiger charge is 2.34. The van der Waals surface area contributed by atoms with Gasteiger partial charge in [-0.15, -0.1) is 11.3 Å². The van der Waals surface area contributed by atoms with Crippen LogP contribution in [0.3, 0.4) is 0 Å². The van der Waals surface area contributed by atoms with Gasteiger partial charge in [-0.25, -0.2) is 0 Å². The number of nitrogens with zero attached hydrogens (tertiary/aromatic N) is 6. The van der Waals surface area contributed by atoms with Crippen molar-refractivity contribution in [2.45, 2.75) is 13.6 Å². The van der Waals surface area contributed by atoms with Gasteiger partial charge in [0, 0.05) is 64.5 Å². The van der Waals surface area contributed by atoms with Crippen molar-refractivity contribution >= 4 is 112 Å². The summed E-state index contributed by atoms with van der Waals surface area (Å²) in [7, 11) is 8.81. The summed E-state index contributed by atoms with van der Waals surface area (Å²) >= 11 is 1.88. The van der Waals surface area contributed by atoms with Crippen molar-refractivity contribution in [3.05, 3.63) is 109 Å². The fraction of sp³-hybridized carbons (Fsp3) is 0.143. The molecule has 11 rings (SSSR count). The smallest absolute Gasteiger partial charge is 0.371 e. The van der Waals surface area contributed by atoms with Crippen molar-refractivity contribution in [2.75, 3.05) is 47.4 Å². The third kappa shape index (κ3) is 3.74. The van der Waals surface area contributed by atoms with Gasteiger partial charge in [-0.1, -0.05) is 36.4 Å². The molecule has 0 atom stereocenters. The first kappa shape index (κ1) is 29.2. The van der Waals surface area contributed by atoms with Crippen LogP contribution in [-0.4, -0.2) is 51.3 Å². The SMILES string of the molecule is CB1N(C)c2cc3c4ccccc4n(-c4ccc5sc6ccc(-n7c8ccccc8c8cc9c(cc87)N(C)B(C)N9C)cc6c5c4)c3cc2N1C. The van der Waals surface area contributed by atoms with Crippen LogP contribution in [0.25, 0.3) is 75.2 Å². The summed E-state index contributed by atoms with van der Waals surface area (Å²) in [6, 6.07) is 41.4. The molecule has 0 aliphatic carbocycles. The van der Waals surface area contributed by atoms with Crippen LogP contribution in [0.4, 0.5) is 22.7 Å². The third-order valence-electron chi connectivity index (χ3n) is 12.3. The van der Waals surface area contributed by atoms with Crippen LogP contribution >= 0.6 is 11.3 Å². The van der Waals surface area contributed by atoms with E-state index in [2.05, 4.69) is 179 Å². The van der Waals surface area contributed by atoms with Gasteiger partial charge in [0.25, 0.3) is 0 Å². The van der Waals surface area contributed by atoms with E-state index in [0.717, 1.165) is 0 Å². The zero-order chi connectivity index (χ0) is 34.4. The maximum absolute atomic E-state index is 2.47. The summed E-state index contributed by atoms with van der Waals surface area (Å²) in [5.41, 5.74) is 12.5. The van der Waals surface area contributed by atoms with E-state index in [1.165, 1.54) is 97.9 Å². The molecule has 0 bridgehead atoms. The minimum Gasteiger partial charge on any atom is -0.397 e. The second-order valence-electron chi connectivity index (χ2n) is 14.6. The maximum Gasteiger partial charge on any atom is 0.371 e. The summed E-state index contributed by atoms with van der Waals surface area (Å²) in [5.74, 6) is 0. The minimum atomic E-state index is 0.315. The normalized spacial score (nSPS) is 14.6. The quantitative estimate of drug-likeness (QED) is 0.170. The van der Waals surface area contributed by atoms with Crippen LogP contribution in [0.1, 0.15) is 0 Å². The van der Waals surface area contributed by atoms with Crippen molar-refractivity contribution in [3.63, 3.8) is 0 Å². The number of hydrogen-bond donors (Lipinski definition) is 0. The van der Waals surface area contributed by atoms with E-state index in [4.69, 9.17) is 0 Å². The van der Waals surface area contributed by atoms with E-state index in [-0.39, 0.29) is 0 Å². The van der Waals surface area contributed by atoms with Crippen molar-refractivity contribution < 1.29 is 0 Å². The number of benzene rings is 6. The van der Waals surface area contributed by atoms with Gasteiger partial charge in [-0.2, -0.15) is 0 Å². The first-order chi connectivity index (χ1) is 24.8. The van der Waals surface area contributed by atoms with Gasteiger partial charge in [0.15, 0.2) is 0 Å². The van der Waals surface area contributed by atoms with Crippen molar-refractivity contribution in [3.8, 4) is 11.4 Å². The standard InChI is InChI=1S/C42H36B2N6S/c1-43-45(3)37-21-29-27-11-7-9-13-33(27)49(35(29)23-39(37)47(43)5)25-15-17-41-31(19-25)32-20-26(16-18-42(32)51-41)50-34-14-10-8-12-28(34)30-22-38-40(24-36(30)50)48(6)44(2)46(38)4/h7-24H,1-6H3. The summed E-state index contributed by atoms with van der Waals surface area (Å²) in [5, 5.41) is 7.74. The predicted octanol–water partition coefficient (Wildman–Crippen LogP) is 10.3. The van der Waals surface area contributed by atoms with Gasteiger partial charge in [-0.3, -0.25) is 0 Å². The van der Waals surface area contributed by atoms with E-state index < -0.39 is 0 Å². The van der Waals surface area contributed by atoms with Gasteiger partial charge in [0.05, 0.1) is 33.4 Å². The van der Waals surface area contributed by atoms with E-state index in [0.29, 0.717) is 14.0 Å². The Hall–Kier alpha value is -5.53. The highest BCUT2D eigenvalue weighted by molar-refractivity contribution is 7.25. The van der Waals surface area contributed by atoms with Gasteiger partial charge < -0.3 is 28.4 Å². The molecule has 9 aromatic rings. The van der Waals surface area contributed by atoms with Crippen LogP contribution < -0.4 is 19.2 Å². The molecule has 6 nitrogen and oxygen atoms in total. The summed E-state index contributed by atoms with van der Waals surface area (Å²) in [6.45, 7) is 5.17. The van der Waals surface area contributed by atoms with Crippen LogP contribution in [-0.2, 0) is 0 Å². The molecule has 0 radical (unpaired) electrons. The molecule has 246 valence electrons. The first-order valence-electron chi connectivity index (χ1n) is 17.8. The number of rotatable bonds is 2. The Labute approximate surface area is 301 Å². The summed E-state index contributed by atoms with van der Waals surface area (Å²) in [4.78, 5) is 9.52. The Morgan fingerprint density at radius 2 is 0.784 bits per heavy atom. The molecule has 2 aliphatic rings. The Kier molecular flexibility index (Phi) is 5.76. The number of para-hydroxylation sites is 2. The molecule has 9 heteroatoms. The van der Waals surface area contributed by atoms with Crippen molar-refractivity contribution in [1.29, 1.82) is 0 Å². The Balaban J connectivity index is 1.14. The summed E-state index contributed by atoms with van der Waals surface area (Å²) in [6.07, 6.45) is 0. The molecule has 0 unspecified atom stereocenters. The molecule has 3 aromatic heterocycles. The monoisotopic (exact) mass is 678 g/mol. The number of hydrogen-bond acceptors (Lipinski definition) is 5. The fourth-order valence-corrected chi connectivity index (χ4v) is 10.1. The molecule has 5 heterocycles. The second kappa shape index (κ2) is 10.0. The van der Waals surface area contributed by atoms with Crippen molar-refractivity contribution in [1.82, 2.24) is 9.13 Å². The lowest BCUT2D eigenvalue weighted by atomic mass is 9.78. The lowest BCUT2D eigenvalue weighted by Crippen LogP contribution is -2.41. The van der Waals surface area contributed by atoms with E-state index in [9.17, 15) is 0 Å². The van der Waals surface area contributed by atoms with E-state index >= 15 is 0 Å². The lowest BCUT2D eigenvalue weighted by molar-refractivity contribution is 1.18. The number of aromatic nitrogens is 2. The Morgan fingerprint density at radius 1 is 0.392 bits per heavy atom. The molecule has 0 N–H and O–H groups in total. The van der Waals surface area contributed by atoms with E-state index in [1.54, 1.807) is 0 Å². The molecular formula is C42H36B2N6S. The Bertz CT molecular complexity index is 2760. The molecule has 0 spiro atoms. The number of anilines is 4. The average molecular weight is 678 g/mol. The van der Waals surface area contributed by atoms with Crippen molar-refractivity contribution in [2.24, 2.45) is 0 Å². The van der Waals surface area contributed by atoms with Crippen LogP contribution in [0, 0.1) is 0 Å². The molecule has 0 saturated heterocycles. The second-order valence-corrected chi connectivity index (χ2v) is 15.7. The predicted molar refractivity (Wildman–Crippen MR) is 225 cm³/mol. The van der Waals surface area contributed by atoms with Gasteiger partial charge in [0.2, 0.25) is 0 Å². The third-order valence-corrected chi connectivity index (χ3v) is 13.4. The molecule has 2 aliphatic heterocycles. The molecule has 51 heavy (non-hydrogen) atoms. The first-order valence-corrected chi connectivity index (χ1v) is 18.6. The molecule has 6 aromatic carbocycles. The van der Waals surface area contributed by atoms with Crippen LogP contribution in [0.15, 0.2) is 109 Å². The lowest BCUT2D eigenvalue weighted by Gasteiger charge is -2.18. The average Bonchev–Trinajstić information content (AvgIpc) is 3.90. The molecule has 0 fully saturated rings. The van der Waals surface area contributed by atoms with Gasteiger partial charge in [-0.05, 0) is 115 Å². The fourth-order valence-electron chi connectivity index (χ4n) is 9.03. The molecule has 0 amide bonds. The maximum atomic E-state index is 2.47. The topological polar surface area (TPSA) is 22.8 Å². The summed E-state index contributed by atoms with van der Waals surface area (Å²) < 4.78 is 7.55. The molecule has 0 saturated carbocycles. The number of thiophene rings is 1. The highest BCUT2D eigenvalue weighted by Crippen LogP contribution is 2.46. The number of fused-ring (bicyclic) bond motifs is 11. The Morgan fingerprint density at radius 3 is 1.22 bits per heavy atom. The zero-order valence-corrected chi connectivity index (χ0v) is 30.5. The van der Waals surface area contributed by atoms with Gasteiger partial charge in [0.1, 0.15) is 0 Å². The largest absolute Gasteiger partial charge is 0.397 e. The minimum absolute atomic E-state index is 0.315. The molecular weight excluding hydrogens is 642 g/mol. The zero-order valence-electron chi connectivity index (χ0n) is 29.6.